The molecular weight excluding hydrogens is 240 g/mol. The van der Waals surface area contributed by atoms with Crippen LogP contribution in [0.1, 0.15) is 25.5 Å². The minimum Gasteiger partial charge on any atom is -0.481 e. The van der Waals surface area contributed by atoms with Crippen molar-refractivity contribution in [2.24, 2.45) is 0 Å². The number of aliphatic carboxylic acids is 1. The Hall–Kier alpha value is -2.10. The number of nitrogens with one attached hydrogen (secondary N) is 1. The van der Waals surface area contributed by atoms with E-state index < -0.39 is 5.97 Å². The molecule has 1 heterocycles. The zero-order chi connectivity index (χ0) is 13.8. The second-order valence-electron chi connectivity index (χ2n) is 4.81. The predicted octanol–water partition coefficient (Wildman–Crippen LogP) is 3.21. The van der Waals surface area contributed by atoms with Crippen LogP contribution in [0.5, 0.6) is 0 Å². The summed E-state index contributed by atoms with van der Waals surface area (Å²) < 4.78 is 0. The molecule has 0 aliphatic carbocycles. The maximum atomic E-state index is 10.6. The minimum atomic E-state index is -0.760. The van der Waals surface area contributed by atoms with Gasteiger partial charge in [0.25, 0.3) is 0 Å². The van der Waals surface area contributed by atoms with Gasteiger partial charge >= 0.3 is 5.97 Å². The largest absolute Gasteiger partial charge is 0.481 e. The van der Waals surface area contributed by atoms with Crippen molar-refractivity contribution in [2.75, 3.05) is 5.32 Å². The molecule has 2 rings (SSSR count). The van der Waals surface area contributed by atoms with Crippen LogP contribution in [0.2, 0.25) is 0 Å². The molecule has 1 atom stereocenters. The van der Waals surface area contributed by atoms with Crippen LogP contribution in [0.3, 0.4) is 0 Å². The fraction of sp³-hybridized carbons (Fsp3) is 0.333. The quantitative estimate of drug-likeness (QED) is 0.864. The molecule has 0 saturated heterocycles. The highest BCUT2D eigenvalue weighted by atomic mass is 16.4. The van der Waals surface area contributed by atoms with E-state index in [1.165, 1.54) is 0 Å². The van der Waals surface area contributed by atoms with Gasteiger partial charge in [0.05, 0.1) is 5.52 Å². The Balaban J connectivity index is 2.22. The molecule has 0 spiro atoms. The molecule has 0 aliphatic rings. The molecule has 0 bridgehead atoms. The van der Waals surface area contributed by atoms with Crippen molar-refractivity contribution in [3.63, 3.8) is 0 Å². The summed E-state index contributed by atoms with van der Waals surface area (Å²) in [4.78, 5) is 15.1. The summed E-state index contributed by atoms with van der Waals surface area (Å²) >= 11 is 0. The number of rotatable bonds is 5. The lowest BCUT2D eigenvalue weighted by atomic mass is 10.1. The first-order valence-corrected chi connectivity index (χ1v) is 6.41. The number of hydrogen-bond donors (Lipinski definition) is 2. The van der Waals surface area contributed by atoms with Crippen LogP contribution in [-0.2, 0) is 4.79 Å². The molecule has 4 nitrogen and oxygen atoms in total. The lowest BCUT2D eigenvalue weighted by Gasteiger charge is -2.16. The van der Waals surface area contributed by atoms with Crippen molar-refractivity contribution in [1.82, 2.24) is 4.98 Å². The number of carboxylic acids is 1. The maximum Gasteiger partial charge on any atom is 0.303 e. The smallest absolute Gasteiger partial charge is 0.303 e. The summed E-state index contributed by atoms with van der Waals surface area (Å²) in [5, 5.41) is 13.1. The van der Waals surface area contributed by atoms with Crippen molar-refractivity contribution in [3.8, 4) is 0 Å². The Morgan fingerprint density at radius 1 is 1.42 bits per heavy atom. The predicted molar refractivity (Wildman–Crippen MR) is 76.4 cm³/mol. The van der Waals surface area contributed by atoms with Crippen molar-refractivity contribution in [1.29, 1.82) is 0 Å². The fourth-order valence-electron chi connectivity index (χ4n) is 2.10. The average Bonchev–Trinajstić information content (AvgIpc) is 2.36. The van der Waals surface area contributed by atoms with Crippen LogP contribution in [0.4, 0.5) is 5.69 Å². The SMILES string of the molecule is Cc1cc(NC(C)CCC(=O)O)c2ccccc2n1. The normalized spacial score (nSPS) is 12.3. The number of aromatic nitrogens is 1. The lowest BCUT2D eigenvalue weighted by Crippen LogP contribution is -2.17. The van der Waals surface area contributed by atoms with E-state index in [2.05, 4.69) is 10.3 Å². The van der Waals surface area contributed by atoms with E-state index >= 15 is 0 Å². The summed E-state index contributed by atoms with van der Waals surface area (Å²) in [6, 6.07) is 10.1. The Morgan fingerprint density at radius 2 is 2.16 bits per heavy atom. The number of carbonyl (C=O) groups is 1. The number of anilines is 1. The van der Waals surface area contributed by atoms with Crippen molar-refractivity contribution >= 4 is 22.6 Å². The zero-order valence-corrected chi connectivity index (χ0v) is 11.2. The monoisotopic (exact) mass is 258 g/mol. The van der Waals surface area contributed by atoms with E-state index in [0.717, 1.165) is 22.3 Å². The van der Waals surface area contributed by atoms with Crippen LogP contribution in [0.25, 0.3) is 10.9 Å². The summed E-state index contributed by atoms with van der Waals surface area (Å²) in [5.74, 6) is -0.760. The number of fused-ring (bicyclic) bond motifs is 1. The van der Waals surface area contributed by atoms with Gasteiger partial charge in [-0.2, -0.15) is 0 Å². The summed E-state index contributed by atoms with van der Waals surface area (Å²) in [5.41, 5.74) is 2.92. The van der Waals surface area contributed by atoms with Crippen molar-refractivity contribution < 1.29 is 9.90 Å². The molecule has 4 heteroatoms. The molecule has 2 aromatic rings. The van der Waals surface area contributed by atoms with Crippen molar-refractivity contribution in [2.45, 2.75) is 32.7 Å². The summed E-state index contributed by atoms with van der Waals surface area (Å²) in [7, 11) is 0. The van der Waals surface area contributed by atoms with Crippen LogP contribution in [-0.4, -0.2) is 22.1 Å². The number of hydrogen-bond acceptors (Lipinski definition) is 3. The third-order valence-electron chi connectivity index (χ3n) is 3.04. The number of aryl methyl sites for hydroxylation is 1. The first-order valence-electron chi connectivity index (χ1n) is 6.41. The summed E-state index contributed by atoms with van der Waals surface area (Å²) in [6.45, 7) is 3.95. The third-order valence-corrected chi connectivity index (χ3v) is 3.04. The van der Waals surface area contributed by atoms with Crippen LogP contribution >= 0.6 is 0 Å². The maximum absolute atomic E-state index is 10.6. The highest BCUT2D eigenvalue weighted by Crippen LogP contribution is 2.24. The van der Waals surface area contributed by atoms with Crippen molar-refractivity contribution in [3.05, 3.63) is 36.0 Å². The first-order chi connectivity index (χ1) is 9.06. The molecule has 1 aromatic heterocycles. The van der Waals surface area contributed by atoms with E-state index in [0.29, 0.717) is 6.42 Å². The van der Waals surface area contributed by atoms with Gasteiger partial charge in [0.15, 0.2) is 0 Å². The Labute approximate surface area is 112 Å². The molecule has 1 unspecified atom stereocenters. The summed E-state index contributed by atoms with van der Waals surface area (Å²) in [6.07, 6.45) is 0.779. The second kappa shape index (κ2) is 5.69. The molecule has 100 valence electrons. The molecule has 19 heavy (non-hydrogen) atoms. The van der Waals surface area contributed by atoms with E-state index in [9.17, 15) is 4.79 Å². The van der Waals surface area contributed by atoms with Gasteiger partial charge in [-0.05, 0) is 32.4 Å². The Morgan fingerprint density at radius 3 is 2.89 bits per heavy atom. The van der Waals surface area contributed by atoms with Crippen LogP contribution < -0.4 is 5.32 Å². The zero-order valence-electron chi connectivity index (χ0n) is 11.2. The highest BCUT2D eigenvalue weighted by molar-refractivity contribution is 5.91. The van der Waals surface area contributed by atoms with Gasteiger partial charge in [-0.25, -0.2) is 0 Å². The van der Waals surface area contributed by atoms with Gasteiger partial charge in [-0.3, -0.25) is 9.78 Å². The minimum absolute atomic E-state index is 0.112. The topological polar surface area (TPSA) is 62.2 Å². The Bertz CT molecular complexity index is 596. The highest BCUT2D eigenvalue weighted by Gasteiger charge is 2.08. The molecule has 0 amide bonds. The fourth-order valence-corrected chi connectivity index (χ4v) is 2.10. The van der Waals surface area contributed by atoms with E-state index in [1.807, 2.05) is 44.2 Å². The van der Waals surface area contributed by atoms with Gasteiger partial charge in [0.2, 0.25) is 0 Å². The van der Waals surface area contributed by atoms with E-state index in [-0.39, 0.29) is 12.5 Å². The standard InChI is InChI=1S/C15H18N2O2/c1-10(7-8-15(18)19)16-14-9-11(2)17-13-6-4-3-5-12(13)14/h3-6,9-10H,7-8H2,1-2H3,(H,16,17)(H,18,19). The molecule has 2 N–H and O–H groups in total. The van der Waals surface area contributed by atoms with Gasteiger partial charge in [0.1, 0.15) is 0 Å². The van der Waals surface area contributed by atoms with Gasteiger partial charge in [0, 0.05) is 29.2 Å². The second-order valence-corrected chi connectivity index (χ2v) is 4.81. The molecule has 0 fully saturated rings. The number of para-hydroxylation sites is 1. The van der Waals surface area contributed by atoms with Gasteiger partial charge < -0.3 is 10.4 Å². The Kier molecular flexibility index (Phi) is 4.00. The van der Waals surface area contributed by atoms with Crippen LogP contribution in [0, 0.1) is 6.92 Å². The number of nitrogens with zero attached hydrogens (tertiary/aromatic N) is 1. The van der Waals surface area contributed by atoms with E-state index in [1.54, 1.807) is 0 Å². The molecule has 1 aromatic carbocycles. The van der Waals surface area contributed by atoms with Gasteiger partial charge in [-0.1, -0.05) is 18.2 Å². The van der Waals surface area contributed by atoms with Gasteiger partial charge in [-0.15, -0.1) is 0 Å². The van der Waals surface area contributed by atoms with E-state index in [4.69, 9.17) is 5.11 Å². The number of pyridine rings is 1. The molecule has 0 radical (unpaired) electrons. The number of carboxylic acid groups (broad SMARTS) is 1. The third kappa shape index (κ3) is 3.44. The molecular formula is C15H18N2O2. The number of benzene rings is 1. The van der Waals surface area contributed by atoms with Crippen LogP contribution in [0.15, 0.2) is 30.3 Å². The molecule has 0 aliphatic heterocycles. The lowest BCUT2D eigenvalue weighted by molar-refractivity contribution is -0.137. The molecule has 0 saturated carbocycles. The average molecular weight is 258 g/mol. The first kappa shape index (κ1) is 13.3.